The summed E-state index contributed by atoms with van der Waals surface area (Å²) in [4.78, 5) is 32.3. The lowest BCUT2D eigenvalue weighted by atomic mass is 10.1. The number of rotatable bonds is 5. The van der Waals surface area contributed by atoms with Crippen molar-refractivity contribution in [2.24, 2.45) is 0 Å². The van der Waals surface area contributed by atoms with Crippen LogP contribution in [0.1, 0.15) is 32.1 Å². The largest absolute Gasteiger partial charge is 0.478 e. The molecule has 0 radical (unpaired) electrons. The lowest BCUT2D eigenvalue weighted by molar-refractivity contribution is 0.0698. The Hall–Kier alpha value is -3.74. The highest BCUT2D eigenvalue weighted by Gasteiger charge is 2.13. The second-order valence-corrected chi connectivity index (χ2v) is 5.98. The van der Waals surface area contributed by atoms with E-state index in [0.29, 0.717) is 11.5 Å². The second-order valence-electron chi connectivity index (χ2n) is 5.98. The van der Waals surface area contributed by atoms with Gasteiger partial charge >= 0.3 is 5.97 Å². The molecule has 27 heavy (non-hydrogen) atoms. The van der Waals surface area contributed by atoms with Crippen molar-refractivity contribution >= 4 is 29.2 Å². The summed E-state index contributed by atoms with van der Waals surface area (Å²) >= 11 is 0. The third kappa shape index (κ3) is 4.46. The SMILES string of the molecule is Cc1cc(C)nc(Nc2ccc(C(=O)Nc3ccccc3C(=O)O)cc2)n1. The molecule has 0 unspecified atom stereocenters. The zero-order chi connectivity index (χ0) is 19.4. The van der Waals surface area contributed by atoms with E-state index in [0.717, 1.165) is 17.1 Å². The molecule has 0 aliphatic carbocycles. The van der Waals surface area contributed by atoms with Crippen LogP contribution in [0.5, 0.6) is 0 Å². The molecule has 0 spiro atoms. The zero-order valence-electron chi connectivity index (χ0n) is 14.9. The Balaban J connectivity index is 1.73. The van der Waals surface area contributed by atoms with Gasteiger partial charge in [-0.2, -0.15) is 0 Å². The summed E-state index contributed by atoms with van der Waals surface area (Å²) in [6.45, 7) is 3.78. The van der Waals surface area contributed by atoms with Crippen molar-refractivity contribution in [2.45, 2.75) is 13.8 Å². The number of anilines is 3. The average molecular weight is 362 g/mol. The van der Waals surface area contributed by atoms with Crippen LogP contribution in [0.2, 0.25) is 0 Å². The topological polar surface area (TPSA) is 104 Å². The number of benzene rings is 2. The predicted molar refractivity (Wildman–Crippen MR) is 103 cm³/mol. The van der Waals surface area contributed by atoms with E-state index in [1.165, 1.54) is 6.07 Å². The molecule has 0 fully saturated rings. The van der Waals surface area contributed by atoms with Crippen molar-refractivity contribution in [1.82, 2.24) is 9.97 Å². The van der Waals surface area contributed by atoms with E-state index in [9.17, 15) is 14.7 Å². The Morgan fingerprint density at radius 1 is 0.926 bits per heavy atom. The fraction of sp³-hybridized carbons (Fsp3) is 0.100. The molecular weight excluding hydrogens is 344 g/mol. The zero-order valence-corrected chi connectivity index (χ0v) is 14.9. The van der Waals surface area contributed by atoms with E-state index >= 15 is 0 Å². The number of aromatic carboxylic acids is 1. The van der Waals surface area contributed by atoms with Crippen LogP contribution < -0.4 is 10.6 Å². The van der Waals surface area contributed by atoms with E-state index in [1.807, 2.05) is 19.9 Å². The molecule has 0 aliphatic heterocycles. The molecule has 0 atom stereocenters. The number of hydrogen-bond acceptors (Lipinski definition) is 5. The van der Waals surface area contributed by atoms with Crippen LogP contribution in [0.4, 0.5) is 17.3 Å². The number of carbonyl (C=O) groups is 2. The lowest BCUT2D eigenvalue weighted by Gasteiger charge is -2.10. The van der Waals surface area contributed by atoms with Crippen LogP contribution >= 0.6 is 0 Å². The van der Waals surface area contributed by atoms with Gasteiger partial charge in [-0.1, -0.05) is 12.1 Å². The number of carbonyl (C=O) groups excluding carboxylic acids is 1. The van der Waals surface area contributed by atoms with Crippen LogP contribution in [-0.4, -0.2) is 27.0 Å². The van der Waals surface area contributed by atoms with Gasteiger partial charge in [0, 0.05) is 22.6 Å². The fourth-order valence-electron chi connectivity index (χ4n) is 2.59. The van der Waals surface area contributed by atoms with Crippen LogP contribution in [0.25, 0.3) is 0 Å². The van der Waals surface area contributed by atoms with Gasteiger partial charge in [-0.25, -0.2) is 14.8 Å². The molecule has 0 saturated heterocycles. The maximum Gasteiger partial charge on any atom is 0.337 e. The predicted octanol–water partition coefficient (Wildman–Crippen LogP) is 3.79. The summed E-state index contributed by atoms with van der Waals surface area (Å²) in [5.41, 5.74) is 3.15. The van der Waals surface area contributed by atoms with Gasteiger partial charge in [-0.05, 0) is 56.3 Å². The van der Waals surface area contributed by atoms with Gasteiger partial charge in [0.25, 0.3) is 5.91 Å². The Labute approximate surface area is 156 Å². The smallest absolute Gasteiger partial charge is 0.337 e. The number of nitrogens with one attached hydrogen (secondary N) is 2. The number of aromatic nitrogens is 2. The Morgan fingerprint density at radius 3 is 2.19 bits per heavy atom. The molecule has 0 aliphatic rings. The number of hydrogen-bond donors (Lipinski definition) is 3. The van der Waals surface area contributed by atoms with Gasteiger partial charge in [-0.15, -0.1) is 0 Å². The molecule has 1 aromatic heterocycles. The van der Waals surface area contributed by atoms with Crippen LogP contribution in [0.3, 0.4) is 0 Å². The number of aryl methyl sites for hydroxylation is 2. The van der Waals surface area contributed by atoms with Gasteiger partial charge in [-0.3, -0.25) is 4.79 Å². The van der Waals surface area contributed by atoms with Gasteiger partial charge < -0.3 is 15.7 Å². The van der Waals surface area contributed by atoms with E-state index in [1.54, 1.807) is 42.5 Å². The van der Waals surface area contributed by atoms with E-state index < -0.39 is 11.9 Å². The third-order valence-electron chi connectivity index (χ3n) is 3.79. The summed E-state index contributed by atoms with van der Waals surface area (Å²) in [5.74, 6) is -1.00. The highest BCUT2D eigenvalue weighted by Crippen LogP contribution is 2.18. The monoisotopic (exact) mass is 362 g/mol. The molecule has 7 nitrogen and oxygen atoms in total. The molecule has 3 rings (SSSR count). The minimum absolute atomic E-state index is 0.0381. The first-order valence-electron chi connectivity index (χ1n) is 8.25. The second kappa shape index (κ2) is 7.65. The minimum Gasteiger partial charge on any atom is -0.478 e. The average Bonchev–Trinajstić information content (AvgIpc) is 2.61. The molecule has 3 aromatic rings. The standard InChI is InChI=1S/C20H18N4O3/c1-12-11-13(2)22-20(21-12)23-15-9-7-14(8-10-15)18(25)24-17-6-4-3-5-16(17)19(26)27/h3-11H,1-2H3,(H,24,25)(H,26,27)(H,21,22,23). The normalized spacial score (nSPS) is 10.3. The number of nitrogens with zero attached hydrogens (tertiary/aromatic N) is 2. The van der Waals surface area contributed by atoms with Crippen molar-refractivity contribution < 1.29 is 14.7 Å². The highest BCUT2D eigenvalue weighted by atomic mass is 16.4. The van der Waals surface area contributed by atoms with Gasteiger partial charge in [0.15, 0.2) is 0 Å². The van der Waals surface area contributed by atoms with Crippen molar-refractivity contribution in [2.75, 3.05) is 10.6 Å². The third-order valence-corrected chi connectivity index (χ3v) is 3.79. The number of carboxylic acids is 1. The molecule has 2 aromatic carbocycles. The van der Waals surface area contributed by atoms with Crippen molar-refractivity contribution in [3.05, 3.63) is 77.1 Å². The summed E-state index contributed by atoms with van der Waals surface area (Å²) in [6, 6.07) is 14.9. The maximum absolute atomic E-state index is 12.4. The van der Waals surface area contributed by atoms with Crippen molar-refractivity contribution in [3.8, 4) is 0 Å². The van der Waals surface area contributed by atoms with Crippen molar-refractivity contribution in [1.29, 1.82) is 0 Å². The molecule has 0 saturated carbocycles. The molecule has 136 valence electrons. The van der Waals surface area contributed by atoms with Crippen LogP contribution in [-0.2, 0) is 0 Å². The molecule has 1 heterocycles. The Kier molecular flexibility index (Phi) is 5.12. The summed E-state index contributed by atoms with van der Waals surface area (Å²) in [7, 11) is 0. The maximum atomic E-state index is 12.4. The molecular formula is C20H18N4O3. The molecule has 7 heteroatoms. The quantitative estimate of drug-likeness (QED) is 0.638. The molecule has 3 N–H and O–H groups in total. The first-order chi connectivity index (χ1) is 12.9. The highest BCUT2D eigenvalue weighted by molar-refractivity contribution is 6.07. The van der Waals surface area contributed by atoms with Crippen LogP contribution in [0, 0.1) is 13.8 Å². The van der Waals surface area contributed by atoms with Crippen LogP contribution in [0.15, 0.2) is 54.6 Å². The first-order valence-corrected chi connectivity index (χ1v) is 8.25. The van der Waals surface area contributed by atoms with Crippen molar-refractivity contribution in [3.63, 3.8) is 0 Å². The number of carboxylic acid groups (broad SMARTS) is 1. The number of amides is 1. The summed E-state index contributed by atoms with van der Waals surface area (Å²) in [6.07, 6.45) is 0. The summed E-state index contributed by atoms with van der Waals surface area (Å²) < 4.78 is 0. The van der Waals surface area contributed by atoms with Gasteiger partial charge in [0.1, 0.15) is 0 Å². The van der Waals surface area contributed by atoms with Gasteiger partial charge in [0.05, 0.1) is 11.3 Å². The van der Waals surface area contributed by atoms with E-state index in [2.05, 4.69) is 20.6 Å². The number of para-hydroxylation sites is 1. The Bertz CT molecular complexity index is 980. The summed E-state index contributed by atoms with van der Waals surface area (Å²) in [5, 5.41) is 14.9. The fourth-order valence-corrected chi connectivity index (χ4v) is 2.59. The minimum atomic E-state index is -1.10. The van der Waals surface area contributed by atoms with E-state index in [4.69, 9.17) is 0 Å². The molecule has 1 amide bonds. The van der Waals surface area contributed by atoms with E-state index in [-0.39, 0.29) is 11.3 Å². The van der Waals surface area contributed by atoms with Gasteiger partial charge in [0.2, 0.25) is 5.95 Å². The molecule has 0 bridgehead atoms. The Morgan fingerprint density at radius 2 is 1.56 bits per heavy atom. The lowest BCUT2D eigenvalue weighted by Crippen LogP contribution is -2.14. The first kappa shape index (κ1) is 18.1.